The maximum absolute atomic E-state index is 5.53. The molecule has 1 N–H and O–H groups in total. The van der Waals surface area contributed by atoms with Gasteiger partial charge in [0.25, 0.3) is 0 Å². The van der Waals surface area contributed by atoms with Gasteiger partial charge in [0, 0.05) is 13.2 Å². The molecule has 1 fully saturated rings. The molecule has 92 valence electrons. The summed E-state index contributed by atoms with van der Waals surface area (Å²) in [5, 5.41) is 12.3. The molecule has 0 radical (unpaired) electrons. The standard InChI is InChI=1S/C11H15N3OS2/c1-2-3-7-16-11-14-13-10(17-11)12-8-9-5-4-6-15-9/h9H,4-8H2,1H3,(H,12,13). The number of thioether (sulfide) groups is 1. The first-order chi connectivity index (χ1) is 8.38. The zero-order chi connectivity index (χ0) is 11.9. The second kappa shape index (κ2) is 6.84. The first-order valence-corrected chi connectivity index (χ1v) is 7.40. The summed E-state index contributed by atoms with van der Waals surface area (Å²) in [6.45, 7) is 3.56. The Kier molecular flexibility index (Phi) is 5.10. The number of ether oxygens (including phenoxy) is 1. The van der Waals surface area contributed by atoms with E-state index in [0.29, 0.717) is 6.10 Å². The molecule has 0 saturated carbocycles. The summed E-state index contributed by atoms with van der Waals surface area (Å²) in [5.74, 6) is 6.63. The minimum atomic E-state index is 0.334. The van der Waals surface area contributed by atoms with Crippen LogP contribution in [0.15, 0.2) is 4.34 Å². The van der Waals surface area contributed by atoms with E-state index in [1.807, 2.05) is 6.92 Å². The molecule has 1 aliphatic heterocycles. The van der Waals surface area contributed by atoms with E-state index in [1.165, 1.54) is 6.42 Å². The highest BCUT2D eigenvalue weighted by atomic mass is 32.2. The molecule has 2 heterocycles. The third-order valence-corrected chi connectivity index (χ3v) is 4.25. The Labute approximate surface area is 110 Å². The average Bonchev–Trinajstić information content (AvgIpc) is 2.98. The van der Waals surface area contributed by atoms with Gasteiger partial charge in [-0.1, -0.05) is 29.0 Å². The van der Waals surface area contributed by atoms with Gasteiger partial charge in [0.1, 0.15) is 0 Å². The molecule has 0 amide bonds. The van der Waals surface area contributed by atoms with Crippen LogP contribution in [0.3, 0.4) is 0 Å². The van der Waals surface area contributed by atoms with Crippen LogP contribution in [0.1, 0.15) is 19.8 Å². The van der Waals surface area contributed by atoms with E-state index >= 15 is 0 Å². The quantitative estimate of drug-likeness (QED) is 0.656. The van der Waals surface area contributed by atoms with Gasteiger partial charge in [-0.2, -0.15) is 0 Å². The highest BCUT2D eigenvalue weighted by Crippen LogP contribution is 2.25. The lowest BCUT2D eigenvalue weighted by molar-refractivity contribution is 0.120. The van der Waals surface area contributed by atoms with Crippen LogP contribution in [-0.2, 0) is 4.74 Å². The molecule has 1 atom stereocenters. The maximum atomic E-state index is 5.53. The average molecular weight is 269 g/mol. The van der Waals surface area contributed by atoms with Crippen LogP contribution in [0.5, 0.6) is 0 Å². The van der Waals surface area contributed by atoms with Crippen molar-refractivity contribution < 1.29 is 4.74 Å². The van der Waals surface area contributed by atoms with E-state index in [9.17, 15) is 0 Å². The topological polar surface area (TPSA) is 47.0 Å². The highest BCUT2D eigenvalue weighted by Gasteiger charge is 2.15. The Balaban J connectivity index is 1.74. The number of hydrogen-bond acceptors (Lipinski definition) is 6. The maximum Gasteiger partial charge on any atom is 0.206 e. The molecular weight excluding hydrogens is 254 g/mol. The molecule has 1 aromatic rings. The third kappa shape index (κ3) is 4.19. The van der Waals surface area contributed by atoms with E-state index in [0.717, 1.165) is 34.8 Å². The van der Waals surface area contributed by atoms with Gasteiger partial charge in [-0.25, -0.2) is 0 Å². The Morgan fingerprint density at radius 2 is 2.53 bits per heavy atom. The van der Waals surface area contributed by atoms with Gasteiger partial charge in [0.2, 0.25) is 5.13 Å². The molecule has 0 aliphatic carbocycles. The number of aromatic nitrogens is 2. The van der Waals surface area contributed by atoms with Crippen LogP contribution in [0.25, 0.3) is 0 Å². The number of nitrogens with zero attached hydrogens (tertiary/aromatic N) is 2. The first-order valence-electron chi connectivity index (χ1n) is 5.60. The van der Waals surface area contributed by atoms with Gasteiger partial charge in [-0.3, -0.25) is 0 Å². The fourth-order valence-corrected chi connectivity index (χ4v) is 3.09. The van der Waals surface area contributed by atoms with Crippen molar-refractivity contribution >= 4 is 28.2 Å². The molecule has 2 rings (SSSR count). The Morgan fingerprint density at radius 3 is 3.29 bits per heavy atom. The van der Waals surface area contributed by atoms with Crippen molar-refractivity contribution in [1.82, 2.24) is 10.2 Å². The fourth-order valence-electron chi connectivity index (χ4n) is 1.52. The summed E-state index contributed by atoms with van der Waals surface area (Å²) < 4.78 is 6.49. The molecule has 1 aliphatic rings. The van der Waals surface area contributed by atoms with E-state index in [4.69, 9.17) is 4.74 Å². The second-order valence-electron chi connectivity index (χ2n) is 3.60. The number of hydrogen-bond donors (Lipinski definition) is 1. The van der Waals surface area contributed by atoms with Gasteiger partial charge < -0.3 is 10.1 Å². The predicted octanol–water partition coefficient (Wildman–Crippen LogP) is 2.24. The van der Waals surface area contributed by atoms with E-state index in [-0.39, 0.29) is 0 Å². The summed E-state index contributed by atoms with van der Waals surface area (Å²) >= 11 is 3.20. The lowest BCUT2D eigenvalue weighted by atomic mass is 10.2. The largest absolute Gasteiger partial charge is 0.376 e. The highest BCUT2D eigenvalue weighted by molar-refractivity contribution is 8.01. The Hall–Kier alpha value is -0.770. The van der Waals surface area contributed by atoms with Crippen molar-refractivity contribution in [3.8, 4) is 11.8 Å². The van der Waals surface area contributed by atoms with Crippen molar-refractivity contribution in [2.24, 2.45) is 0 Å². The van der Waals surface area contributed by atoms with Gasteiger partial charge in [-0.15, -0.1) is 16.1 Å². The molecule has 1 unspecified atom stereocenters. The van der Waals surface area contributed by atoms with Crippen LogP contribution < -0.4 is 5.32 Å². The lowest BCUT2D eigenvalue weighted by Crippen LogP contribution is -2.18. The molecule has 1 aromatic heterocycles. The smallest absolute Gasteiger partial charge is 0.206 e. The first kappa shape index (κ1) is 12.7. The minimum absolute atomic E-state index is 0.334. The normalized spacial score (nSPS) is 18.8. The second-order valence-corrected chi connectivity index (χ2v) is 5.80. The van der Waals surface area contributed by atoms with Crippen molar-refractivity contribution in [2.45, 2.75) is 30.2 Å². The van der Waals surface area contributed by atoms with Crippen molar-refractivity contribution in [3.05, 3.63) is 0 Å². The molecule has 17 heavy (non-hydrogen) atoms. The number of anilines is 1. The van der Waals surface area contributed by atoms with Crippen LogP contribution in [0, 0.1) is 11.8 Å². The predicted molar refractivity (Wildman–Crippen MR) is 71.5 cm³/mol. The zero-order valence-electron chi connectivity index (χ0n) is 9.73. The van der Waals surface area contributed by atoms with Crippen LogP contribution in [0.4, 0.5) is 5.13 Å². The van der Waals surface area contributed by atoms with Crippen molar-refractivity contribution in [2.75, 3.05) is 24.2 Å². The molecule has 4 nitrogen and oxygen atoms in total. The molecule has 6 heteroatoms. The van der Waals surface area contributed by atoms with E-state index in [2.05, 4.69) is 27.4 Å². The fraction of sp³-hybridized carbons (Fsp3) is 0.636. The summed E-state index contributed by atoms with van der Waals surface area (Å²) in [7, 11) is 0. The van der Waals surface area contributed by atoms with Gasteiger partial charge >= 0.3 is 0 Å². The molecule has 0 spiro atoms. The van der Waals surface area contributed by atoms with Crippen LogP contribution >= 0.6 is 23.1 Å². The summed E-state index contributed by atoms with van der Waals surface area (Å²) in [4.78, 5) is 0. The summed E-state index contributed by atoms with van der Waals surface area (Å²) in [5.41, 5.74) is 0. The number of nitrogens with one attached hydrogen (secondary N) is 1. The van der Waals surface area contributed by atoms with E-state index in [1.54, 1.807) is 23.1 Å². The Morgan fingerprint density at radius 1 is 1.59 bits per heavy atom. The minimum Gasteiger partial charge on any atom is -0.376 e. The summed E-state index contributed by atoms with van der Waals surface area (Å²) in [6.07, 6.45) is 2.64. The van der Waals surface area contributed by atoms with Crippen LogP contribution in [-0.4, -0.2) is 35.2 Å². The monoisotopic (exact) mass is 269 g/mol. The molecular formula is C11H15N3OS2. The van der Waals surface area contributed by atoms with Gasteiger partial charge in [-0.05, 0) is 19.8 Å². The zero-order valence-corrected chi connectivity index (χ0v) is 11.4. The molecule has 0 bridgehead atoms. The third-order valence-electron chi connectivity index (χ3n) is 2.36. The Bertz CT molecular complexity index is 404. The van der Waals surface area contributed by atoms with Gasteiger partial charge in [0.05, 0.1) is 11.9 Å². The van der Waals surface area contributed by atoms with Crippen LogP contribution in [0.2, 0.25) is 0 Å². The molecule has 1 saturated heterocycles. The number of rotatable bonds is 5. The van der Waals surface area contributed by atoms with Crippen molar-refractivity contribution in [3.63, 3.8) is 0 Å². The van der Waals surface area contributed by atoms with Gasteiger partial charge in [0.15, 0.2) is 4.34 Å². The van der Waals surface area contributed by atoms with Crippen molar-refractivity contribution in [1.29, 1.82) is 0 Å². The summed E-state index contributed by atoms with van der Waals surface area (Å²) in [6, 6.07) is 0. The lowest BCUT2D eigenvalue weighted by Gasteiger charge is -2.08. The SMILES string of the molecule is CC#CCSc1nnc(NCC2CCCO2)s1. The van der Waals surface area contributed by atoms with E-state index < -0.39 is 0 Å². The molecule has 0 aromatic carbocycles.